The molecule has 3 saturated carbocycles. The van der Waals surface area contributed by atoms with Crippen LogP contribution in [-0.4, -0.2) is 103 Å². The summed E-state index contributed by atoms with van der Waals surface area (Å²) in [6.45, 7) is 11.7. The fourth-order valence-corrected chi connectivity index (χ4v) is 10.1. The van der Waals surface area contributed by atoms with E-state index >= 15 is 0 Å². The Balaban J connectivity index is 1.27. The van der Waals surface area contributed by atoms with Gasteiger partial charge in [0, 0.05) is 42.7 Å². The van der Waals surface area contributed by atoms with Gasteiger partial charge in [-0.2, -0.15) is 5.06 Å². The number of fused-ring (bicyclic) bond motifs is 2. The van der Waals surface area contributed by atoms with Gasteiger partial charge >= 0.3 is 0 Å². The standard InChI is InChI=1S/C46H63N5O6/c1-27(2)40-39(26-52)57-51(41(40)44(54)48-38-23-32-22-37(28(38)3)46(32,4)5)24-31-16-13-17-34(42(31)56-9)30-18-19-35(36(21-30)43(47)53)45(55)50(8)33(25-49(6)7)20-29-14-11-10-12-15-29/h10-19,21,27-28,32-33,37-41,52H,20,22-26H2,1-9H3,(H2,47,53)(H,48,54)/t28-,32+,33-,37-,38-,39-,40-,41-/m0/s1. The number of hydrogen-bond donors (Lipinski definition) is 3. The van der Waals surface area contributed by atoms with Crippen LogP contribution in [-0.2, 0) is 22.6 Å². The molecule has 4 N–H and O–H groups in total. The summed E-state index contributed by atoms with van der Waals surface area (Å²) in [4.78, 5) is 51.6. The summed E-state index contributed by atoms with van der Waals surface area (Å²) in [5.41, 5.74) is 9.81. The molecule has 0 aromatic heterocycles. The number of nitrogens with zero attached hydrogens (tertiary/aromatic N) is 3. The van der Waals surface area contributed by atoms with Crippen LogP contribution in [0.4, 0.5) is 0 Å². The zero-order valence-corrected chi connectivity index (χ0v) is 35.2. The Morgan fingerprint density at radius 1 is 1.02 bits per heavy atom. The van der Waals surface area contributed by atoms with Crippen LogP contribution < -0.4 is 15.8 Å². The van der Waals surface area contributed by atoms with Gasteiger partial charge in [-0.1, -0.05) is 89.2 Å². The summed E-state index contributed by atoms with van der Waals surface area (Å²) < 4.78 is 6.05. The van der Waals surface area contributed by atoms with E-state index in [1.807, 2.05) is 73.6 Å². The summed E-state index contributed by atoms with van der Waals surface area (Å²) in [5.74, 6) is 0.833. The van der Waals surface area contributed by atoms with Gasteiger partial charge in [0.2, 0.25) is 11.8 Å². The highest BCUT2D eigenvalue weighted by Crippen LogP contribution is 2.61. The monoisotopic (exact) mass is 781 g/mol. The number of carbonyl (C=O) groups excluding carboxylic acids is 3. The van der Waals surface area contributed by atoms with Crippen molar-refractivity contribution in [1.82, 2.24) is 20.2 Å². The Hall–Kier alpha value is -4.29. The van der Waals surface area contributed by atoms with Crippen molar-refractivity contribution in [2.24, 2.45) is 40.7 Å². The van der Waals surface area contributed by atoms with Crippen molar-refractivity contribution in [1.29, 1.82) is 0 Å². The number of ether oxygens (including phenoxy) is 1. The molecular weight excluding hydrogens is 719 g/mol. The maximum atomic E-state index is 14.4. The van der Waals surface area contributed by atoms with Gasteiger partial charge in [0.1, 0.15) is 17.9 Å². The van der Waals surface area contributed by atoms with Gasteiger partial charge in [0.05, 0.1) is 31.4 Å². The van der Waals surface area contributed by atoms with E-state index in [1.54, 1.807) is 36.3 Å². The van der Waals surface area contributed by atoms with E-state index in [2.05, 4.69) is 39.9 Å². The number of aliphatic hydroxyl groups excluding tert-OH is 1. The van der Waals surface area contributed by atoms with E-state index in [9.17, 15) is 19.5 Å². The van der Waals surface area contributed by atoms with Gasteiger partial charge < -0.3 is 30.7 Å². The van der Waals surface area contributed by atoms with Crippen LogP contribution in [0.3, 0.4) is 0 Å². The van der Waals surface area contributed by atoms with Gasteiger partial charge in [-0.05, 0) is 85.7 Å². The Morgan fingerprint density at radius 2 is 1.74 bits per heavy atom. The molecule has 3 aromatic carbocycles. The summed E-state index contributed by atoms with van der Waals surface area (Å²) in [7, 11) is 7.30. The predicted octanol–water partition coefficient (Wildman–Crippen LogP) is 5.64. The second-order valence-electron chi connectivity index (χ2n) is 17.9. The number of hydrogen-bond acceptors (Lipinski definition) is 8. The smallest absolute Gasteiger partial charge is 0.254 e. The Morgan fingerprint density at radius 3 is 2.33 bits per heavy atom. The lowest BCUT2D eigenvalue weighted by atomic mass is 9.45. The van der Waals surface area contributed by atoms with Crippen LogP contribution in [0.25, 0.3) is 11.1 Å². The molecule has 7 rings (SSSR count). The molecule has 3 amide bonds. The summed E-state index contributed by atoms with van der Waals surface area (Å²) >= 11 is 0. The molecule has 0 unspecified atom stereocenters. The first-order valence-corrected chi connectivity index (χ1v) is 20.5. The highest BCUT2D eigenvalue weighted by atomic mass is 16.7. The normalized spacial score (nSPS) is 25.9. The molecular formula is C46H63N5O6. The van der Waals surface area contributed by atoms with Crippen molar-refractivity contribution in [3.05, 3.63) is 89.0 Å². The average Bonchev–Trinajstić information content (AvgIpc) is 3.56. The van der Waals surface area contributed by atoms with E-state index < -0.39 is 18.1 Å². The van der Waals surface area contributed by atoms with Crippen molar-refractivity contribution in [2.45, 2.75) is 84.7 Å². The molecule has 3 aliphatic carbocycles. The maximum absolute atomic E-state index is 14.4. The minimum atomic E-state index is -0.710. The van der Waals surface area contributed by atoms with E-state index in [-0.39, 0.29) is 60.0 Å². The van der Waals surface area contributed by atoms with Crippen molar-refractivity contribution >= 4 is 17.7 Å². The number of para-hydroxylation sites is 1. The lowest BCUT2D eigenvalue weighted by Crippen LogP contribution is -2.62. The zero-order chi connectivity index (χ0) is 41.3. The molecule has 308 valence electrons. The average molecular weight is 782 g/mol. The molecule has 2 bridgehead atoms. The fraction of sp³-hybridized carbons (Fsp3) is 0.543. The fourth-order valence-electron chi connectivity index (χ4n) is 10.1. The first-order chi connectivity index (χ1) is 27.1. The maximum Gasteiger partial charge on any atom is 0.254 e. The lowest BCUT2D eigenvalue weighted by Gasteiger charge is -2.62. The topological polar surface area (TPSA) is 138 Å². The highest BCUT2D eigenvalue weighted by Gasteiger charge is 2.57. The molecule has 1 saturated heterocycles. The SMILES string of the molecule is COc1c(CN2O[C@@H](CO)[C@H](C(C)C)[C@H]2C(=O)N[C@H]2C[C@H]3C[C@@H]([C@@H]2C)C3(C)C)cccc1-c1ccc(C(=O)N(C)[C@@H](Cc2ccccc2)CN(C)C)c(C(N)=O)c1. The van der Waals surface area contributed by atoms with Crippen molar-refractivity contribution in [3.8, 4) is 16.9 Å². The van der Waals surface area contributed by atoms with Crippen molar-refractivity contribution < 1.29 is 29.1 Å². The molecule has 11 nitrogen and oxygen atoms in total. The Kier molecular flexibility index (Phi) is 12.8. The largest absolute Gasteiger partial charge is 0.496 e. The number of amides is 3. The van der Waals surface area contributed by atoms with Gasteiger partial charge in [0.15, 0.2) is 0 Å². The van der Waals surface area contributed by atoms with Crippen LogP contribution in [0.1, 0.15) is 79.3 Å². The number of aliphatic hydroxyl groups is 1. The van der Waals surface area contributed by atoms with Crippen LogP contribution in [0.15, 0.2) is 66.7 Å². The molecule has 11 heteroatoms. The molecule has 0 radical (unpaired) electrons. The van der Waals surface area contributed by atoms with Crippen molar-refractivity contribution in [3.63, 3.8) is 0 Å². The van der Waals surface area contributed by atoms with Gasteiger partial charge in [-0.15, -0.1) is 0 Å². The number of benzene rings is 3. The summed E-state index contributed by atoms with van der Waals surface area (Å²) in [6, 6.07) is 20.2. The minimum absolute atomic E-state index is 0.0660. The number of rotatable bonds is 15. The number of nitrogens with one attached hydrogen (secondary N) is 1. The Bertz CT molecular complexity index is 1920. The molecule has 57 heavy (non-hydrogen) atoms. The summed E-state index contributed by atoms with van der Waals surface area (Å²) in [6.07, 6.45) is 2.29. The second kappa shape index (κ2) is 17.3. The third-order valence-corrected chi connectivity index (χ3v) is 13.5. The van der Waals surface area contributed by atoms with E-state index in [0.717, 1.165) is 17.5 Å². The first kappa shape index (κ1) is 42.3. The van der Waals surface area contributed by atoms with Crippen LogP contribution in [0.2, 0.25) is 0 Å². The summed E-state index contributed by atoms with van der Waals surface area (Å²) in [5, 5.41) is 15.6. The van der Waals surface area contributed by atoms with Gasteiger partial charge in [-0.25, -0.2) is 0 Å². The zero-order valence-electron chi connectivity index (χ0n) is 35.2. The molecule has 1 heterocycles. The van der Waals surface area contributed by atoms with Crippen molar-refractivity contribution in [2.75, 3.05) is 41.4 Å². The number of methoxy groups -OCH3 is 1. The van der Waals surface area contributed by atoms with Crippen LogP contribution in [0.5, 0.6) is 5.75 Å². The Labute approximate surface area is 338 Å². The molecule has 4 aliphatic rings. The van der Waals surface area contributed by atoms with E-state index in [4.69, 9.17) is 15.3 Å². The number of nitrogens with two attached hydrogens (primary N) is 1. The molecule has 8 atom stereocenters. The van der Waals surface area contributed by atoms with E-state index in [1.165, 1.54) is 6.42 Å². The second-order valence-corrected chi connectivity index (χ2v) is 17.9. The number of hydroxylamine groups is 2. The van der Waals surface area contributed by atoms with Crippen LogP contribution in [0, 0.1) is 35.0 Å². The third-order valence-electron chi connectivity index (χ3n) is 13.5. The number of primary amides is 1. The van der Waals surface area contributed by atoms with Gasteiger partial charge in [0.25, 0.3) is 5.91 Å². The minimum Gasteiger partial charge on any atom is -0.496 e. The number of carbonyl (C=O) groups is 3. The predicted molar refractivity (Wildman–Crippen MR) is 222 cm³/mol. The first-order valence-electron chi connectivity index (χ1n) is 20.5. The quantitative estimate of drug-likeness (QED) is 0.180. The third kappa shape index (κ3) is 8.49. The number of likely N-dealkylation sites (N-methyl/N-ethyl adjacent to an activating group) is 2. The molecule has 0 spiro atoms. The van der Waals surface area contributed by atoms with E-state index in [0.29, 0.717) is 53.0 Å². The molecule has 1 aliphatic heterocycles. The highest BCUT2D eigenvalue weighted by molar-refractivity contribution is 6.07. The molecule has 3 aromatic rings. The lowest BCUT2D eigenvalue weighted by molar-refractivity contribution is -0.183. The molecule has 4 fully saturated rings. The van der Waals surface area contributed by atoms with Gasteiger partial charge in [-0.3, -0.25) is 19.2 Å². The van der Waals surface area contributed by atoms with Crippen LogP contribution >= 0.6 is 0 Å².